The molecule has 1 aromatic heterocycles. The fraction of sp³-hybridized carbons (Fsp3) is 0.615. The molecular weight excluding hydrogens is 244 g/mol. The fourth-order valence-corrected chi connectivity index (χ4v) is 2.68. The maximum absolute atomic E-state index is 12.3. The molecule has 0 radical (unpaired) electrons. The normalized spacial score (nSPS) is 19.1. The van der Waals surface area contributed by atoms with Crippen LogP contribution < -0.4 is 11.1 Å². The smallest absolute Gasteiger partial charge is 0.243 e. The number of nitrogens with one attached hydrogen (secondary N) is 1. The summed E-state index contributed by atoms with van der Waals surface area (Å²) in [6.07, 6.45) is 6.50. The number of imidazole rings is 1. The Hall–Kier alpha value is -1.85. The Morgan fingerprint density at radius 3 is 2.58 bits per heavy atom. The standard InChI is InChI=1S/C13H20N4O2/c1-9(17-8-7-15-10(17)2)11(18)16-13(12(14)19)5-3-4-6-13/h7-9H,3-6H2,1-2H3,(H2,14,19)(H,16,18). The second kappa shape index (κ2) is 5.03. The van der Waals surface area contributed by atoms with Gasteiger partial charge in [-0.2, -0.15) is 0 Å². The third kappa shape index (κ3) is 2.47. The summed E-state index contributed by atoms with van der Waals surface area (Å²) in [6, 6.07) is -0.403. The van der Waals surface area contributed by atoms with E-state index in [9.17, 15) is 9.59 Å². The van der Waals surface area contributed by atoms with Crippen molar-refractivity contribution < 1.29 is 9.59 Å². The second-order valence-corrected chi connectivity index (χ2v) is 5.20. The number of nitrogens with two attached hydrogens (primary N) is 1. The molecule has 6 heteroatoms. The van der Waals surface area contributed by atoms with Crippen LogP contribution in [0.4, 0.5) is 0 Å². The third-order valence-corrected chi connectivity index (χ3v) is 3.95. The molecule has 0 aromatic carbocycles. The van der Waals surface area contributed by atoms with Crippen LogP contribution in [0.5, 0.6) is 0 Å². The van der Waals surface area contributed by atoms with E-state index in [4.69, 9.17) is 5.73 Å². The van der Waals surface area contributed by atoms with Crippen LogP contribution in [0.2, 0.25) is 0 Å². The maximum Gasteiger partial charge on any atom is 0.243 e. The van der Waals surface area contributed by atoms with Gasteiger partial charge in [0.2, 0.25) is 11.8 Å². The molecule has 1 aliphatic rings. The molecule has 1 saturated carbocycles. The first-order chi connectivity index (χ1) is 8.96. The van der Waals surface area contributed by atoms with Crippen LogP contribution in [0, 0.1) is 6.92 Å². The number of carbonyl (C=O) groups excluding carboxylic acids is 2. The predicted molar refractivity (Wildman–Crippen MR) is 70.2 cm³/mol. The third-order valence-electron chi connectivity index (χ3n) is 3.95. The monoisotopic (exact) mass is 264 g/mol. The van der Waals surface area contributed by atoms with Gasteiger partial charge >= 0.3 is 0 Å². The topological polar surface area (TPSA) is 90.0 Å². The molecule has 1 aliphatic carbocycles. The summed E-state index contributed by atoms with van der Waals surface area (Å²) in [5.74, 6) is 0.136. The SMILES string of the molecule is Cc1nccn1C(C)C(=O)NC1(C(N)=O)CCCC1. The van der Waals surface area contributed by atoms with E-state index < -0.39 is 17.5 Å². The van der Waals surface area contributed by atoms with Crippen molar-refractivity contribution in [2.45, 2.75) is 51.1 Å². The van der Waals surface area contributed by atoms with Crippen LogP contribution >= 0.6 is 0 Å². The molecule has 1 atom stereocenters. The van der Waals surface area contributed by atoms with Crippen LogP contribution in [-0.4, -0.2) is 26.9 Å². The molecule has 0 bridgehead atoms. The van der Waals surface area contributed by atoms with E-state index in [0.29, 0.717) is 12.8 Å². The van der Waals surface area contributed by atoms with Crippen molar-refractivity contribution in [3.05, 3.63) is 18.2 Å². The first-order valence-corrected chi connectivity index (χ1v) is 6.58. The number of aromatic nitrogens is 2. The molecule has 0 saturated heterocycles. The second-order valence-electron chi connectivity index (χ2n) is 5.20. The Labute approximate surface area is 112 Å². The Kier molecular flexibility index (Phi) is 3.59. The summed E-state index contributed by atoms with van der Waals surface area (Å²) in [5.41, 5.74) is 4.60. The van der Waals surface area contributed by atoms with Crippen LogP contribution in [0.1, 0.15) is 44.5 Å². The summed E-state index contributed by atoms with van der Waals surface area (Å²) in [4.78, 5) is 28.0. The highest BCUT2D eigenvalue weighted by Gasteiger charge is 2.41. The van der Waals surface area contributed by atoms with Crippen molar-refractivity contribution in [1.82, 2.24) is 14.9 Å². The van der Waals surface area contributed by atoms with Crippen molar-refractivity contribution in [3.63, 3.8) is 0 Å². The molecule has 2 amide bonds. The van der Waals surface area contributed by atoms with Crippen LogP contribution in [0.15, 0.2) is 12.4 Å². The lowest BCUT2D eigenvalue weighted by Crippen LogP contribution is -2.56. The molecule has 1 aromatic rings. The summed E-state index contributed by atoms with van der Waals surface area (Å²) in [5, 5.41) is 2.84. The zero-order valence-corrected chi connectivity index (χ0v) is 11.3. The molecule has 1 unspecified atom stereocenters. The summed E-state index contributed by atoms with van der Waals surface area (Å²) < 4.78 is 1.78. The van der Waals surface area contributed by atoms with E-state index in [1.165, 1.54) is 0 Å². The lowest BCUT2D eigenvalue weighted by Gasteiger charge is -2.28. The number of rotatable bonds is 4. The van der Waals surface area contributed by atoms with Gasteiger partial charge in [0.05, 0.1) is 0 Å². The molecule has 1 fully saturated rings. The highest BCUT2D eigenvalue weighted by atomic mass is 16.2. The number of nitrogens with zero attached hydrogens (tertiary/aromatic N) is 2. The summed E-state index contributed by atoms with van der Waals surface area (Å²) in [6.45, 7) is 3.62. The Bertz CT molecular complexity index is 489. The van der Waals surface area contributed by atoms with E-state index in [1.807, 2.05) is 6.92 Å². The van der Waals surface area contributed by atoms with Gasteiger partial charge in [-0.25, -0.2) is 4.98 Å². The van der Waals surface area contributed by atoms with Crippen molar-refractivity contribution in [3.8, 4) is 0 Å². The summed E-state index contributed by atoms with van der Waals surface area (Å²) >= 11 is 0. The van der Waals surface area contributed by atoms with Gasteiger partial charge < -0.3 is 15.6 Å². The Morgan fingerprint density at radius 1 is 1.47 bits per heavy atom. The van der Waals surface area contributed by atoms with Crippen LogP contribution in [0.3, 0.4) is 0 Å². The minimum absolute atomic E-state index is 0.193. The zero-order valence-electron chi connectivity index (χ0n) is 11.3. The largest absolute Gasteiger partial charge is 0.368 e. The van der Waals surface area contributed by atoms with Crippen LogP contribution in [0.25, 0.3) is 0 Å². The number of primary amides is 1. The zero-order chi connectivity index (χ0) is 14.0. The number of hydrogen-bond donors (Lipinski definition) is 2. The quantitative estimate of drug-likeness (QED) is 0.837. The lowest BCUT2D eigenvalue weighted by molar-refractivity contribution is -0.133. The average Bonchev–Trinajstić information content (AvgIpc) is 2.98. The molecule has 6 nitrogen and oxygen atoms in total. The molecule has 3 N–H and O–H groups in total. The van der Waals surface area contributed by atoms with E-state index in [-0.39, 0.29) is 5.91 Å². The summed E-state index contributed by atoms with van der Waals surface area (Å²) in [7, 11) is 0. The van der Waals surface area contributed by atoms with Gasteiger partial charge in [-0.15, -0.1) is 0 Å². The molecule has 0 spiro atoms. The predicted octanol–water partition coefficient (Wildman–Crippen LogP) is 0.667. The fourth-order valence-electron chi connectivity index (χ4n) is 2.68. The number of carbonyl (C=O) groups is 2. The van der Waals surface area contributed by atoms with Gasteiger partial charge in [0, 0.05) is 12.4 Å². The Balaban J connectivity index is 2.12. The molecule has 19 heavy (non-hydrogen) atoms. The van der Waals surface area contributed by atoms with Crippen molar-refractivity contribution >= 4 is 11.8 Å². The van der Waals surface area contributed by atoms with Crippen LogP contribution in [-0.2, 0) is 9.59 Å². The average molecular weight is 264 g/mol. The molecule has 104 valence electrons. The van der Waals surface area contributed by atoms with E-state index in [2.05, 4.69) is 10.3 Å². The van der Waals surface area contributed by atoms with Gasteiger partial charge in [-0.05, 0) is 26.7 Å². The number of aryl methyl sites for hydroxylation is 1. The first kappa shape index (κ1) is 13.6. The molecule has 0 aliphatic heterocycles. The first-order valence-electron chi connectivity index (χ1n) is 6.58. The molecule has 1 heterocycles. The van der Waals surface area contributed by atoms with Crippen molar-refractivity contribution in [2.75, 3.05) is 0 Å². The molecule has 2 rings (SSSR count). The van der Waals surface area contributed by atoms with Gasteiger partial charge in [0.15, 0.2) is 0 Å². The van der Waals surface area contributed by atoms with Gasteiger partial charge in [0.25, 0.3) is 0 Å². The maximum atomic E-state index is 12.3. The van der Waals surface area contributed by atoms with Crippen molar-refractivity contribution in [2.24, 2.45) is 5.73 Å². The molecular formula is C13H20N4O2. The van der Waals surface area contributed by atoms with Gasteiger partial charge in [-0.3, -0.25) is 9.59 Å². The lowest BCUT2D eigenvalue weighted by atomic mass is 9.96. The van der Waals surface area contributed by atoms with Gasteiger partial charge in [0.1, 0.15) is 17.4 Å². The highest BCUT2D eigenvalue weighted by Crippen LogP contribution is 2.30. The number of hydrogen-bond acceptors (Lipinski definition) is 3. The number of amides is 2. The van der Waals surface area contributed by atoms with Gasteiger partial charge in [-0.1, -0.05) is 12.8 Å². The van der Waals surface area contributed by atoms with E-state index >= 15 is 0 Å². The van der Waals surface area contributed by atoms with E-state index in [0.717, 1.165) is 18.7 Å². The minimum atomic E-state index is -0.861. The van der Waals surface area contributed by atoms with E-state index in [1.54, 1.807) is 23.9 Å². The van der Waals surface area contributed by atoms with Crippen molar-refractivity contribution in [1.29, 1.82) is 0 Å². The highest BCUT2D eigenvalue weighted by molar-refractivity contribution is 5.91. The Morgan fingerprint density at radius 2 is 2.11 bits per heavy atom. The minimum Gasteiger partial charge on any atom is -0.368 e.